The van der Waals surface area contributed by atoms with Gasteiger partial charge in [-0.25, -0.2) is 4.39 Å². The Bertz CT molecular complexity index is 1150. The third kappa shape index (κ3) is 7.35. The van der Waals surface area contributed by atoms with Crippen molar-refractivity contribution in [3.05, 3.63) is 46.3 Å². The highest BCUT2D eigenvalue weighted by atomic mass is 19.1. The number of amides is 2. The van der Waals surface area contributed by atoms with Gasteiger partial charge in [0.15, 0.2) is 11.6 Å². The van der Waals surface area contributed by atoms with E-state index in [-0.39, 0.29) is 31.7 Å². The third-order valence-electron chi connectivity index (χ3n) is 7.95. The number of carboxylic acid groups (broad SMARTS) is 1. The molecule has 1 aliphatic heterocycles. The summed E-state index contributed by atoms with van der Waals surface area (Å²) < 4.78 is 13.8. The minimum Gasteiger partial charge on any atom is -0.505 e. The highest BCUT2D eigenvalue weighted by molar-refractivity contribution is 6.05. The number of rotatable bonds is 15. The lowest BCUT2D eigenvalue weighted by Crippen LogP contribution is -2.39. The lowest BCUT2D eigenvalue weighted by atomic mass is 9.68. The first-order chi connectivity index (χ1) is 19.1. The molecule has 1 aliphatic carbocycles. The van der Waals surface area contributed by atoms with Gasteiger partial charge in [0.05, 0.1) is 31.2 Å². The molecule has 0 spiro atoms. The molecule has 1 aromatic carbocycles. The van der Waals surface area contributed by atoms with Crippen LogP contribution in [-0.2, 0) is 14.4 Å². The maximum Gasteiger partial charge on any atom is 0.303 e. The summed E-state index contributed by atoms with van der Waals surface area (Å²) in [6, 6.07) is 4.11. The smallest absolute Gasteiger partial charge is 0.303 e. The number of imide groups is 1. The van der Waals surface area contributed by atoms with Crippen molar-refractivity contribution in [2.75, 3.05) is 19.8 Å². The molecule has 2 amide bonds. The van der Waals surface area contributed by atoms with Gasteiger partial charge in [-0.1, -0.05) is 37.5 Å². The zero-order valence-corrected chi connectivity index (χ0v) is 22.9. The fourth-order valence-corrected chi connectivity index (χ4v) is 6.03. The molecule has 4 atom stereocenters. The van der Waals surface area contributed by atoms with Gasteiger partial charge in [-0.3, -0.25) is 19.3 Å². The van der Waals surface area contributed by atoms with Gasteiger partial charge in [0, 0.05) is 18.9 Å². The van der Waals surface area contributed by atoms with Crippen molar-refractivity contribution in [2.24, 2.45) is 17.8 Å². The first-order valence-electron chi connectivity index (χ1n) is 14.0. The van der Waals surface area contributed by atoms with Crippen molar-refractivity contribution < 1.29 is 44.3 Å². The Morgan fingerprint density at radius 3 is 2.50 bits per heavy atom. The normalized spacial score (nSPS) is 22.2. The molecule has 0 bridgehead atoms. The predicted octanol–water partition coefficient (Wildman–Crippen LogP) is 3.40. The lowest BCUT2D eigenvalue weighted by molar-refractivity contribution is -0.141. The van der Waals surface area contributed by atoms with E-state index in [1.807, 2.05) is 13.0 Å². The molecule has 9 nitrogen and oxygen atoms in total. The van der Waals surface area contributed by atoms with Crippen LogP contribution in [0.5, 0.6) is 5.75 Å². The molecule has 220 valence electrons. The van der Waals surface area contributed by atoms with Crippen LogP contribution in [-0.4, -0.2) is 74.1 Å². The van der Waals surface area contributed by atoms with E-state index in [1.165, 1.54) is 17.0 Å². The summed E-state index contributed by atoms with van der Waals surface area (Å²) in [5.41, 5.74) is 2.39. The zero-order chi connectivity index (χ0) is 29.4. The fourth-order valence-electron chi connectivity index (χ4n) is 6.03. The van der Waals surface area contributed by atoms with Crippen molar-refractivity contribution in [3.63, 3.8) is 0 Å². The third-order valence-corrected chi connectivity index (χ3v) is 7.95. The minimum atomic E-state index is -1.06. The molecule has 0 unspecified atom stereocenters. The van der Waals surface area contributed by atoms with Gasteiger partial charge < -0.3 is 25.5 Å². The number of aliphatic hydroxyl groups is 3. The molecule has 40 heavy (non-hydrogen) atoms. The maximum absolute atomic E-state index is 13.8. The average molecular weight is 562 g/mol. The molecule has 1 aromatic rings. The minimum absolute atomic E-state index is 0.0196. The molecule has 5 N–H and O–H groups in total. The number of halogens is 1. The van der Waals surface area contributed by atoms with Crippen LogP contribution in [0.4, 0.5) is 4.39 Å². The topological polar surface area (TPSA) is 156 Å². The Kier molecular flexibility index (Phi) is 11.4. The van der Waals surface area contributed by atoms with Crippen LogP contribution < -0.4 is 0 Å². The van der Waals surface area contributed by atoms with Crippen LogP contribution in [0.25, 0.3) is 6.08 Å². The molecule has 1 heterocycles. The second-order valence-corrected chi connectivity index (χ2v) is 10.7. The van der Waals surface area contributed by atoms with Crippen molar-refractivity contribution in [1.82, 2.24) is 4.90 Å². The number of phenolic OH excluding ortho intramolecular Hbond substituents is 1. The van der Waals surface area contributed by atoms with E-state index >= 15 is 0 Å². The number of phenols is 1. The maximum atomic E-state index is 13.8. The molecule has 0 radical (unpaired) electrons. The fraction of sp³-hybridized carbons (Fsp3) is 0.567. The molecule has 3 rings (SSSR count). The van der Waals surface area contributed by atoms with E-state index in [0.717, 1.165) is 12.0 Å². The highest BCUT2D eigenvalue weighted by Crippen LogP contribution is 2.46. The van der Waals surface area contributed by atoms with Gasteiger partial charge in [-0.15, -0.1) is 0 Å². The lowest BCUT2D eigenvalue weighted by Gasteiger charge is -2.36. The molecule has 10 heteroatoms. The monoisotopic (exact) mass is 561 g/mol. The number of allylic oxidation sites excluding steroid dienone is 1. The number of benzene rings is 1. The first kappa shape index (κ1) is 31.4. The summed E-state index contributed by atoms with van der Waals surface area (Å²) in [5, 5.41) is 50.0. The number of carbonyl (C=O) groups excluding carboxylic acids is 2. The standard InChI is InChI=1S/C30H40FNO8/c1-2-6-18(13-19-9-10-24(35)23(31)14-19)8-11-25(36)27-20(16-33)15-21-28(22(27)17-34)30(40)32(29(21)39)12-5-3-4-7-26(37)38/h9-10,13-14,21-22,25,28,33-36H,2-8,11-12,15-17H2,1H3,(H,37,38)/b18-13+/t21-,22+,25-,28-/m1/s1. The number of aliphatic hydroxyl groups excluding tert-OH is 3. The summed E-state index contributed by atoms with van der Waals surface area (Å²) in [5.74, 6) is -5.19. The SMILES string of the molecule is CCC/C(=C\c1ccc(O)c(F)c1)CC[C@@H](O)C1=C(CO)C[C@H]2C(=O)N(CCCCCC(=O)O)C(=O)[C@H]2[C@H]1CO. The number of aliphatic carboxylic acids is 1. The van der Waals surface area contributed by atoms with E-state index in [9.17, 15) is 39.2 Å². The molecule has 0 saturated carbocycles. The summed E-state index contributed by atoms with van der Waals surface area (Å²) in [4.78, 5) is 38.4. The Labute approximate surface area is 233 Å². The number of hydrogen-bond donors (Lipinski definition) is 5. The first-order valence-corrected chi connectivity index (χ1v) is 14.0. The average Bonchev–Trinajstić information content (AvgIpc) is 3.16. The number of likely N-dealkylation sites (tertiary alicyclic amines) is 1. The Balaban J connectivity index is 1.75. The van der Waals surface area contributed by atoms with Gasteiger partial charge in [-0.2, -0.15) is 0 Å². The van der Waals surface area contributed by atoms with E-state index in [4.69, 9.17) is 5.11 Å². The van der Waals surface area contributed by atoms with Crippen LogP contribution in [0.3, 0.4) is 0 Å². The molecular formula is C30H40FNO8. The van der Waals surface area contributed by atoms with E-state index in [2.05, 4.69) is 0 Å². The van der Waals surface area contributed by atoms with E-state index < -0.39 is 60.5 Å². The Morgan fingerprint density at radius 1 is 1.12 bits per heavy atom. The van der Waals surface area contributed by atoms with Gasteiger partial charge in [0.25, 0.3) is 0 Å². The quantitative estimate of drug-likeness (QED) is 0.124. The number of nitrogens with zero attached hydrogens (tertiary/aromatic N) is 1. The van der Waals surface area contributed by atoms with Crippen molar-refractivity contribution in [3.8, 4) is 5.75 Å². The molecule has 0 aromatic heterocycles. The van der Waals surface area contributed by atoms with Crippen LogP contribution >= 0.6 is 0 Å². The molecule has 2 aliphatic rings. The predicted molar refractivity (Wildman–Crippen MR) is 145 cm³/mol. The number of unbranched alkanes of at least 4 members (excludes halogenated alkanes) is 2. The summed E-state index contributed by atoms with van der Waals surface area (Å²) in [6.45, 7) is 1.29. The van der Waals surface area contributed by atoms with Crippen LogP contribution in [0.1, 0.15) is 70.3 Å². The zero-order valence-electron chi connectivity index (χ0n) is 22.9. The highest BCUT2D eigenvalue weighted by Gasteiger charge is 2.54. The van der Waals surface area contributed by atoms with Gasteiger partial charge in [0.2, 0.25) is 11.8 Å². The second kappa shape index (κ2) is 14.5. The largest absolute Gasteiger partial charge is 0.505 e. The number of aromatic hydroxyl groups is 1. The summed E-state index contributed by atoms with van der Waals surface area (Å²) in [7, 11) is 0. The number of carbonyl (C=O) groups is 3. The molecule has 1 fully saturated rings. The van der Waals surface area contributed by atoms with Crippen molar-refractivity contribution in [1.29, 1.82) is 0 Å². The summed E-state index contributed by atoms with van der Waals surface area (Å²) >= 11 is 0. The number of hydrogen-bond acceptors (Lipinski definition) is 7. The molecule has 1 saturated heterocycles. The number of fused-ring (bicyclic) bond motifs is 1. The van der Waals surface area contributed by atoms with E-state index in [1.54, 1.807) is 6.07 Å². The van der Waals surface area contributed by atoms with Crippen LogP contribution in [0.2, 0.25) is 0 Å². The number of carboxylic acids is 1. The molecular weight excluding hydrogens is 521 g/mol. The Morgan fingerprint density at radius 2 is 1.88 bits per heavy atom. The van der Waals surface area contributed by atoms with Gasteiger partial charge >= 0.3 is 5.97 Å². The summed E-state index contributed by atoms with van der Waals surface area (Å²) in [6.07, 6.45) is 4.57. The van der Waals surface area contributed by atoms with Crippen LogP contribution in [0, 0.1) is 23.6 Å². The van der Waals surface area contributed by atoms with Crippen molar-refractivity contribution in [2.45, 2.75) is 70.8 Å². The van der Waals surface area contributed by atoms with Crippen LogP contribution in [0.15, 0.2) is 34.9 Å². The van der Waals surface area contributed by atoms with Gasteiger partial charge in [-0.05, 0) is 67.4 Å². The second-order valence-electron chi connectivity index (χ2n) is 10.7. The van der Waals surface area contributed by atoms with Crippen molar-refractivity contribution >= 4 is 23.9 Å². The van der Waals surface area contributed by atoms with Gasteiger partial charge in [0.1, 0.15) is 0 Å². The Hall–Kier alpha value is -3.08. The van der Waals surface area contributed by atoms with E-state index in [0.29, 0.717) is 48.8 Å².